The molecule has 0 aliphatic heterocycles. The van der Waals surface area contributed by atoms with E-state index in [-0.39, 0.29) is 12.1 Å². The van der Waals surface area contributed by atoms with Gasteiger partial charge in [-0.05, 0) is 31.7 Å². The Labute approximate surface area is 126 Å². The van der Waals surface area contributed by atoms with E-state index in [2.05, 4.69) is 15.6 Å². The van der Waals surface area contributed by atoms with Crippen LogP contribution < -0.4 is 10.6 Å². The predicted octanol–water partition coefficient (Wildman–Crippen LogP) is 3.81. The molecule has 1 atom stereocenters. The molecule has 2 amide bonds. The molecule has 1 saturated carbocycles. The lowest BCUT2D eigenvalue weighted by Gasteiger charge is -2.22. The summed E-state index contributed by atoms with van der Waals surface area (Å²) >= 11 is 1.49. The highest BCUT2D eigenvalue weighted by atomic mass is 32.1. The first-order valence-corrected chi connectivity index (χ1v) is 8.27. The van der Waals surface area contributed by atoms with Gasteiger partial charge in [-0.2, -0.15) is 0 Å². The normalized spacial score (nSPS) is 20.9. The van der Waals surface area contributed by atoms with Gasteiger partial charge in [0.2, 0.25) is 0 Å². The highest BCUT2D eigenvalue weighted by Gasteiger charge is 2.27. The molecule has 1 fully saturated rings. The van der Waals surface area contributed by atoms with Crippen molar-refractivity contribution in [2.75, 3.05) is 5.32 Å². The number of amides is 2. The highest BCUT2D eigenvalue weighted by molar-refractivity contribution is 7.13. The van der Waals surface area contributed by atoms with Crippen molar-refractivity contribution in [1.82, 2.24) is 10.3 Å². The van der Waals surface area contributed by atoms with E-state index in [0.29, 0.717) is 11.0 Å². The number of carbonyl (C=O) groups excluding carboxylic acids is 1. The molecule has 2 aromatic heterocycles. The van der Waals surface area contributed by atoms with Crippen LogP contribution in [0.5, 0.6) is 0 Å². The first-order chi connectivity index (χ1) is 10.3. The summed E-state index contributed by atoms with van der Waals surface area (Å²) in [6, 6.07) is 1.80. The molecule has 2 N–H and O–H groups in total. The number of furan rings is 1. The second kappa shape index (κ2) is 5.18. The fourth-order valence-electron chi connectivity index (χ4n) is 2.84. The van der Waals surface area contributed by atoms with E-state index in [9.17, 15) is 4.79 Å². The van der Waals surface area contributed by atoms with Crippen LogP contribution in [0.15, 0.2) is 22.1 Å². The van der Waals surface area contributed by atoms with E-state index < -0.39 is 0 Å². The average Bonchev–Trinajstić information content (AvgIpc) is 3.02. The predicted molar refractivity (Wildman–Crippen MR) is 80.6 cm³/mol. The molecule has 0 radical (unpaired) electrons. The quantitative estimate of drug-likeness (QED) is 0.906. The maximum absolute atomic E-state index is 12.1. The van der Waals surface area contributed by atoms with Crippen LogP contribution in [0.25, 0.3) is 0 Å². The van der Waals surface area contributed by atoms with Crippen LogP contribution in [0.2, 0.25) is 0 Å². The van der Waals surface area contributed by atoms with Gasteiger partial charge >= 0.3 is 6.03 Å². The van der Waals surface area contributed by atoms with Crippen molar-refractivity contribution >= 4 is 22.5 Å². The van der Waals surface area contributed by atoms with Crippen LogP contribution in [-0.4, -0.2) is 11.0 Å². The van der Waals surface area contributed by atoms with Gasteiger partial charge < -0.3 is 9.73 Å². The van der Waals surface area contributed by atoms with Crippen LogP contribution >= 0.6 is 11.3 Å². The van der Waals surface area contributed by atoms with Crippen molar-refractivity contribution in [1.29, 1.82) is 0 Å². The summed E-state index contributed by atoms with van der Waals surface area (Å²) in [5.41, 5.74) is 2.22. The van der Waals surface area contributed by atoms with Crippen molar-refractivity contribution in [3.05, 3.63) is 34.7 Å². The van der Waals surface area contributed by atoms with E-state index in [0.717, 1.165) is 36.3 Å². The number of aryl methyl sites for hydroxylation is 1. The first kappa shape index (κ1) is 12.9. The lowest BCUT2D eigenvalue weighted by molar-refractivity contribution is 0.246. The Balaban J connectivity index is 1.39. The van der Waals surface area contributed by atoms with Gasteiger partial charge in [0.1, 0.15) is 5.76 Å². The molecular weight excluding hydrogens is 286 g/mol. The summed E-state index contributed by atoms with van der Waals surface area (Å²) in [5, 5.41) is 8.58. The van der Waals surface area contributed by atoms with Crippen molar-refractivity contribution in [2.24, 2.45) is 0 Å². The Hall–Kier alpha value is -1.82. The van der Waals surface area contributed by atoms with Gasteiger partial charge in [-0.3, -0.25) is 5.32 Å². The van der Waals surface area contributed by atoms with Gasteiger partial charge in [-0.1, -0.05) is 0 Å². The highest BCUT2D eigenvalue weighted by Crippen LogP contribution is 2.40. The zero-order chi connectivity index (χ0) is 14.2. The smallest absolute Gasteiger partial charge is 0.321 e. The number of aromatic nitrogens is 1. The number of thiazole rings is 1. The number of anilines is 1. The van der Waals surface area contributed by atoms with E-state index >= 15 is 0 Å². The molecule has 0 spiro atoms. The number of hydrogen-bond acceptors (Lipinski definition) is 4. The lowest BCUT2D eigenvalue weighted by atomic mass is 9.93. The molecule has 6 heteroatoms. The topological polar surface area (TPSA) is 67.2 Å². The Morgan fingerprint density at radius 1 is 1.38 bits per heavy atom. The van der Waals surface area contributed by atoms with Crippen molar-refractivity contribution in [3.8, 4) is 0 Å². The van der Waals surface area contributed by atoms with Crippen molar-refractivity contribution in [2.45, 2.75) is 44.1 Å². The third-order valence-corrected chi connectivity index (χ3v) is 4.87. The first-order valence-electron chi connectivity index (χ1n) is 7.39. The molecule has 2 aliphatic carbocycles. The molecule has 5 nitrogen and oxygen atoms in total. The molecule has 110 valence electrons. The summed E-state index contributed by atoms with van der Waals surface area (Å²) in [5.74, 6) is 1.61. The standard InChI is InChI=1S/C15H17N3O2S/c19-14(18-15-17-12(8-21-15)9-4-5-9)16-11-2-1-3-13-10(11)6-7-20-13/h6-9,11H,1-5H2,(H2,16,17,18,19). The second-order valence-corrected chi connectivity index (χ2v) is 6.55. The third-order valence-electron chi connectivity index (χ3n) is 4.10. The molecule has 2 heterocycles. The molecular formula is C15H17N3O2S. The number of nitrogens with one attached hydrogen (secondary N) is 2. The van der Waals surface area contributed by atoms with Gasteiger partial charge in [0.15, 0.2) is 5.13 Å². The van der Waals surface area contributed by atoms with Crippen LogP contribution in [0.4, 0.5) is 9.93 Å². The molecule has 4 rings (SSSR count). The number of fused-ring (bicyclic) bond motifs is 1. The number of carbonyl (C=O) groups is 1. The van der Waals surface area contributed by atoms with E-state index in [1.807, 2.05) is 11.4 Å². The Morgan fingerprint density at radius 2 is 2.29 bits per heavy atom. The molecule has 21 heavy (non-hydrogen) atoms. The molecule has 2 aliphatic rings. The fraction of sp³-hybridized carbons (Fsp3) is 0.467. The van der Waals surface area contributed by atoms with E-state index in [1.54, 1.807) is 6.26 Å². The van der Waals surface area contributed by atoms with Gasteiger partial charge in [0.25, 0.3) is 0 Å². The molecule has 0 saturated heterocycles. The Morgan fingerprint density at radius 3 is 3.14 bits per heavy atom. The number of urea groups is 1. The summed E-state index contributed by atoms with van der Waals surface area (Å²) in [6.07, 6.45) is 7.09. The molecule has 0 bridgehead atoms. The minimum absolute atomic E-state index is 0.0374. The van der Waals surface area contributed by atoms with Crippen LogP contribution in [0.1, 0.15) is 54.7 Å². The van der Waals surface area contributed by atoms with Crippen molar-refractivity contribution in [3.63, 3.8) is 0 Å². The van der Waals surface area contributed by atoms with Crippen LogP contribution in [-0.2, 0) is 6.42 Å². The molecule has 2 aromatic rings. The van der Waals surface area contributed by atoms with E-state index in [1.165, 1.54) is 24.2 Å². The number of rotatable bonds is 3. The second-order valence-electron chi connectivity index (χ2n) is 5.69. The van der Waals surface area contributed by atoms with Gasteiger partial charge in [0, 0.05) is 23.3 Å². The van der Waals surface area contributed by atoms with Crippen molar-refractivity contribution < 1.29 is 9.21 Å². The summed E-state index contributed by atoms with van der Waals surface area (Å²) in [6.45, 7) is 0. The average molecular weight is 303 g/mol. The Bertz CT molecular complexity index is 659. The largest absolute Gasteiger partial charge is 0.469 e. The van der Waals surface area contributed by atoms with Gasteiger partial charge in [-0.15, -0.1) is 11.3 Å². The monoisotopic (exact) mass is 303 g/mol. The van der Waals surface area contributed by atoms with Crippen LogP contribution in [0.3, 0.4) is 0 Å². The SMILES string of the molecule is O=C(Nc1nc(C2CC2)cs1)NC1CCCc2occc21. The van der Waals surface area contributed by atoms with Gasteiger partial charge in [0.05, 0.1) is 18.0 Å². The maximum atomic E-state index is 12.1. The summed E-state index contributed by atoms with van der Waals surface area (Å²) in [7, 11) is 0. The lowest BCUT2D eigenvalue weighted by Crippen LogP contribution is -2.34. The number of hydrogen-bond donors (Lipinski definition) is 2. The zero-order valence-electron chi connectivity index (χ0n) is 11.6. The van der Waals surface area contributed by atoms with E-state index in [4.69, 9.17) is 4.42 Å². The summed E-state index contributed by atoms with van der Waals surface area (Å²) < 4.78 is 5.44. The summed E-state index contributed by atoms with van der Waals surface area (Å²) in [4.78, 5) is 16.6. The molecule has 1 unspecified atom stereocenters. The minimum Gasteiger partial charge on any atom is -0.469 e. The Kier molecular flexibility index (Phi) is 3.18. The third kappa shape index (κ3) is 2.68. The maximum Gasteiger partial charge on any atom is 0.321 e. The van der Waals surface area contributed by atoms with Crippen LogP contribution in [0, 0.1) is 0 Å². The number of nitrogens with zero attached hydrogens (tertiary/aromatic N) is 1. The fourth-order valence-corrected chi connectivity index (χ4v) is 3.63. The van der Waals surface area contributed by atoms with Gasteiger partial charge in [-0.25, -0.2) is 9.78 Å². The minimum atomic E-state index is -0.189. The zero-order valence-corrected chi connectivity index (χ0v) is 12.4. The molecule has 0 aromatic carbocycles.